The van der Waals surface area contributed by atoms with Crippen molar-refractivity contribution in [3.63, 3.8) is 0 Å². The van der Waals surface area contributed by atoms with Crippen LogP contribution < -0.4 is 0 Å². The second-order valence-corrected chi connectivity index (χ2v) is 11.0. The van der Waals surface area contributed by atoms with Gasteiger partial charge in [0.15, 0.2) is 0 Å². The number of rotatable bonds is 2. The topological polar surface area (TPSA) is 0 Å². The van der Waals surface area contributed by atoms with Crippen molar-refractivity contribution < 1.29 is 0 Å². The number of hydrogen-bond acceptors (Lipinski definition) is 0. The summed E-state index contributed by atoms with van der Waals surface area (Å²) in [6.45, 7) is 6.93. The van der Waals surface area contributed by atoms with E-state index in [9.17, 15) is 0 Å². The van der Waals surface area contributed by atoms with E-state index in [4.69, 9.17) is 0 Å². The molecule has 0 aliphatic heterocycles. The number of fused-ring (bicyclic) bond motifs is 5. The van der Waals surface area contributed by atoms with Gasteiger partial charge in [0.1, 0.15) is 0 Å². The first-order valence-electron chi connectivity index (χ1n) is 13.1. The fraction of sp³-hybridized carbons (Fsp3) is 0.167. The highest BCUT2D eigenvalue weighted by atomic mass is 14.4. The first-order valence-corrected chi connectivity index (χ1v) is 13.1. The first kappa shape index (κ1) is 21.4. The molecule has 0 aromatic heterocycles. The molecule has 0 heteroatoms. The molecule has 0 amide bonds. The van der Waals surface area contributed by atoms with Crippen molar-refractivity contribution >= 4 is 21.5 Å². The smallest absolute Gasteiger partial charge is 0.0159 e. The molecule has 174 valence electrons. The van der Waals surface area contributed by atoms with Gasteiger partial charge in [0.25, 0.3) is 0 Å². The molecule has 0 fully saturated rings. The van der Waals surface area contributed by atoms with Crippen molar-refractivity contribution in [1.29, 1.82) is 0 Å². The molecule has 36 heavy (non-hydrogen) atoms. The van der Waals surface area contributed by atoms with Crippen LogP contribution in [0.4, 0.5) is 0 Å². The van der Waals surface area contributed by atoms with E-state index in [0.29, 0.717) is 5.92 Å². The van der Waals surface area contributed by atoms with E-state index in [1.54, 1.807) is 0 Å². The van der Waals surface area contributed by atoms with Crippen LogP contribution in [0.2, 0.25) is 0 Å². The van der Waals surface area contributed by atoms with Gasteiger partial charge in [-0.3, -0.25) is 0 Å². The zero-order valence-corrected chi connectivity index (χ0v) is 21.2. The molecule has 7 rings (SSSR count). The molecule has 1 atom stereocenters. The third-order valence-electron chi connectivity index (χ3n) is 8.50. The van der Waals surface area contributed by atoms with E-state index in [0.717, 1.165) is 6.42 Å². The molecule has 0 N–H and O–H groups in total. The first-order chi connectivity index (χ1) is 17.5. The van der Waals surface area contributed by atoms with Gasteiger partial charge in [-0.25, -0.2) is 0 Å². The van der Waals surface area contributed by atoms with Crippen LogP contribution >= 0.6 is 0 Å². The average Bonchev–Trinajstić information content (AvgIpc) is 3.14. The molecule has 1 unspecified atom stereocenters. The zero-order chi connectivity index (χ0) is 24.4. The van der Waals surface area contributed by atoms with Crippen LogP contribution in [0.1, 0.15) is 49.8 Å². The Bertz CT molecular complexity index is 1680. The maximum absolute atomic E-state index is 2.47. The molecular formula is C36H30. The monoisotopic (exact) mass is 462 g/mol. The molecule has 2 aliphatic carbocycles. The molecule has 0 saturated carbocycles. The molecular weight excluding hydrogens is 432 g/mol. The van der Waals surface area contributed by atoms with E-state index in [1.165, 1.54) is 66.1 Å². The number of benzene rings is 5. The quantitative estimate of drug-likeness (QED) is 0.229. The Morgan fingerprint density at radius 2 is 1.28 bits per heavy atom. The largest absolute Gasteiger partial charge is 0.0807 e. The second-order valence-electron chi connectivity index (χ2n) is 11.0. The Morgan fingerprint density at radius 1 is 0.667 bits per heavy atom. The van der Waals surface area contributed by atoms with E-state index >= 15 is 0 Å². The van der Waals surface area contributed by atoms with Crippen LogP contribution in [0.3, 0.4) is 0 Å². The standard InChI is InChI=1S/C36H30/c1-23-16-18-24(19-17-23)34-28-11-4-6-13-30(28)35(31-14-7-5-12-29(31)34)25-20-21-27-26-10-8-9-15-32(26)36(2,3)33(27)22-25/h4-18,20-22,24H,19H2,1-3H3. The Morgan fingerprint density at radius 3 is 1.94 bits per heavy atom. The van der Waals surface area contributed by atoms with Gasteiger partial charge in [0.05, 0.1) is 0 Å². The van der Waals surface area contributed by atoms with Crippen LogP contribution in [0.5, 0.6) is 0 Å². The van der Waals surface area contributed by atoms with Crippen molar-refractivity contribution in [2.75, 3.05) is 0 Å². The second kappa shape index (κ2) is 7.80. The van der Waals surface area contributed by atoms with Gasteiger partial charge >= 0.3 is 0 Å². The third kappa shape index (κ3) is 3.00. The maximum Gasteiger partial charge on any atom is 0.0159 e. The van der Waals surface area contributed by atoms with Crippen LogP contribution in [0, 0.1) is 0 Å². The molecule has 0 bridgehead atoms. The minimum Gasteiger partial charge on any atom is -0.0807 e. The molecule has 0 nitrogen and oxygen atoms in total. The summed E-state index contributed by atoms with van der Waals surface area (Å²) in [6.07, 6.45) is 8.12. The lowest BCUT2D eigenvalue weighted by Crippen LogP contribution is -2.14. The molecule has 5 aromatic rings. The van der Waals surface area contributed by atoms with Gasteiger partial charge in [-0.2, -0.15) is 0 Å². The minimum absolute atomic E-state index is 0.00935. The van der Waals surface area contributed by atoms with Gasteiger partial charge in [-0.15, -0.1) is 0 Å². The Kier molecular flexibility index (Phi) is 4.63. The van der Waals surface area contributed by atoms with Crippen LogP contribution in [-0.4, -0.2) is 0 Å². The van der Waals surface area contributed by atoms with Crippen molar-refractivity contribution in [1.82, 2.24) is 0 Å². The maximum atomic E-state index is 2.47. The molecule has 5 aromatic carbocycles. The normalized spacial score (nSPS) is 17.8. The highest BCUT2D eigenvalue weighted by Crippen LogP contribution is 2.51. The summed E-state index contributed by atoms with van der Waals surface area (Å²) in [5, 5.41) is 5.44. The van der Waals surface area contributed by atoms with Crippen molar-refractivity contribution in [2.24, 2.45) is 0 Å². The van der Waals surface area contributed by atoms with Crippen LogP contribution in [0.15, 0.2) is 115 Å². The summed E-state index contributed by atoms with van der Waals surface area (Å²) in [5.74, 6) is 0.394. The molecule has 0 heterocycles. The predicted octanol–water partition coefficient (Wildman–Crippen LogP) is 9.96. The summed E-state index contributed by atoms with van der Waals surface area (Å²) in [4.78, 5) is 0. The van der Waals surface area contributed by atoms with Gasteiger partial charge < -0.3 is 0 Å². The Labute approximate surface area is 213 Å². The molecule has 2 aliphatic rings. The van der Waals surface area contributed by atoms with Crippen molar-refractivity contribution in [3.05, 3.63) is 131 Å². The lowest BCUT2D eigenvalue weighted by Gasteiger charge is -2.24. The summed E-state index contributed by atoms with van der Waals surface area (Å²) >= 11 is 0. The Balaban J connectivity index is 1.52. The van der Waals surface area contributed by atoms with E-state index in [2.05, 4.69) is 130 Å². The lowest BCUT2D eigenvalue weighted by atomic mass is 9.79. The Hall–Kier alpha value is -3.90. The summed E-state index contributed by atoms with van der Waals surface area (Å²) in [7, 11) is 0. The van der Waals surface area contributed by atoms with Gasteiger partial charge in [0.2, 0.25) is 0 Å². The SMILES string of the molecule is CC1=CCC(c2c3ccccc3c(-c3ccc4c(c3)C(C)(C)c3ccccc3-4)c3ccccc23)C=C1. The predicted molar refractivity (Wildman–Crippen MR) is 155 cm³/mol. The lowest BCUT2D eigenvalue weighted by molar-refractivity contribution is 0.660. The van der Waals surface area contributed by atoms with Crippen LogP contribution in [0.25, 0.3) is 43.8 Å². The average molecular weight is 463 g/mol. The fourth-order valence-corrected chi connectivity index (χ4v) is 6.67. The van der Waals surface area contributed by atoms with E-state index < -0.39 is 0 Å². The highest BCUT2D eigenvalue weighted by molar-refractivity contribution is 6.15. The molecule has 0 saturated heterocycles. The van der Waals surface area contributed by atoms with Crippen molar-refractivity contribution in [2.45, 2.75) is 38.5 Å². The fourth-order valence-electron chi connectivity index (χ4n) is 6.67. The van der Waals surface area contributed by atoms with E-state index in [-0.39, 0.29) is 5.41 Å². The minimum atomic E-state index is -0.00935. The third-order valence-corrected chi connectivity index (χ3v) is 8.50. The van der Waals surface area contributed by atoms with Gasteiger partial charge in [-0.1, -0.05) is 123 Å². The highest BCUT2D eigenvalue weighted by Gasteiger charge is 2.35. The van der Waals surface area contributed by atoms with Crippen molar-refractivity contribution in [3.8, 4) is 22.3 Å². The zero-order valence-electron chi connectivity index (χ0n) is 21.2. The number of allylic oxidation sites excluding steroid dienone is 4. The summed E-state index contributed by atoms with van der Waals surface area (Å²) < 4.78 is 0. The summed E-state index contributed by atoms with van der Waals surface area (Å²) in [6, 6.07) is 34.1. The van der Waals surface area contributed by atoms with Gasteiger partial charge in [-0.05, 0) is 79.9 Å². The summed E-state index contributed by atoms with van der Waals surface area (Å²) in [5.41, 5.74) is 11.1. The van der Waals surface area contributed by atoms with Crippen LogP contribution in [-0.2, 0) is 5.41 Å². The molecule has 0 spiro atoms. The van der Waals surface area contributed by atoms with Gasteiger partial charge in [0, 0.05) is 11.3 Å². The molecule has 0 radical (unpaired) electrons. The van der Waals surface area contributed by atoms with E-state index in [1.807, 2.05) is 0 Å². The number of hydrogen-bond donors (Lipinski definition) is 0.